The van der Waals surface area contributed by atoms with Crippen LogP contribution in [-0.2, 0) is 6.42 Å². The van der Waals surface area contributed by atoms with Crippen LogP contribution < -0.4 is 24.3 Å². The molecule has 2 aromatic carbocycles. The summed E-state index contributed by atoms with van der Waals surface area (Å²) in [6.45, 7) is 6.78. The molecule has 1 atom stereocenters. The van der Waals surface area contributed by atoms with E-state index < -0.39 is 6.10 Å². The van der Waals surface area contributed by atoms with Crippen LogP contribution in [0.1, 0.15) is 43.1 Å². The Balaban J connectivity index is 0.00000544. The normalized spacial score (nSPS) is 11.8. The van der Waals surface area contributed by atoms with E-state index in [1.807, 2.05) is 45.0 Å². The van der Waals surface area contributed by atoms with Gasteiger partial charge in [0, 0.05) is 24.1 Å². The van der Waals surface area contributed by atoms with E-state index in [9.17, 15) is 9.90 Å². The Labute approximate surface area is 202 Å². The van der Waals surface area contributed by atoms with E-state index in [-0.39, 0.29) is 30.3 Å². The van der Waals surface area contributed by atoms with Gasteiger partial charge in [0.05, 0.1) is 21.3 Å². The Bertz CT molecular complexity index is 872. The molecule has 1 unspecified atom stereocenters. The number of hydrogen-bond acceptors (Lipinski definition) is 7. The minimum Gasteiger partial charge on any atom is -0.493 e. The first-order chi connectivity index (χ1) is 15.2. The van der Waals surface area contributed by atoms with E-state index in [4.69, 9.17) is 18.9 Å². The molecule has 0 amide bonds. The molecule has 0 aliphatic carbocycles. The number of halogens is 1. The maximum Gasteiger partial charge on any atom is 0.203 e. The monoisotopic (exact) mass is 481 g/mol. The zero-order chi connectivity index (χ0) is 23.7. The van der Waals surface area contributed by atoms with Crippen molar-refractivity contribution < 1.29 is 28.8 Å². The van der Waals surface area contributed by atoms with Gasteiger partial charge in [0.25, 0.3) is 0 Å². The summed E-state index contributed by atoms with van der Waals surface area (Å²) in [5.74, 6) is 1.99. The number of hydrogen-bond donors (Lipinski definition) is 2. The van der Waals surface area contributed by atoms with Crippen molar-refractivity contribution in [2.75, 3.05) is 34.5 Å². The molecule has 0 saturated heterocycles. The summed E-state index contributed by atoms with van der Waals surface area (Å²) >= 11 is 0. The highest BCUT2D eigenvalue weighted by Gasteiger charge is 2.17. The standard InChI is InChI=1S/C25H35NO6.ClH/c1-25(2,3)26-15-19(27)16-32-20-9-7-8-17(12-20)10-11-21(28)18-13-22(29-4)24(31-6)23(14-18)30-5;/h7-9,12-14,19,26-27H,10-11,15-16H2,1-6H3;1H. The Morgan fingerprint density at radius 2 is 1.67 bits per heavy atom. The highest BCUT2D eigenvalue weighted by molar-refractivity contribution is 5.97. The molecule has 8 heteroatoms. The summed E-state index contributed by atoms with van der Waals surface area (Å²) < 4.78 is 21.7. The predicted octanol–water partition coefficient (Wildman–Crippen LogP) is 4.08. The minimum absolute atomic E-state index is 0. The van der Waals surface area contributed by atoms with Crippen LogP contribution in [0.4, 0.5) is 0 Å². The van der Waals surface area contributed by atoms with Gasteiger partial charge in [-0.15, -0.1) is 12.4 Å². The average Bonchev–Trinajstić information content (AvgIpc) is 2.78. The third-order valence-corrected chi connectivity index (χ3v) is 4.84. The highest BCUT2D eigenvalue weighted by Crippen LogP contribution is 2.38. The molecule has 2 aromatic rings. The molecule has 0 radical (unpaired) electrons. The number of Topliss-reactive ketones (excluding diaryl/α,β-unsaturated/α-hetero) is 1. The van der Waals surface area contributed by atoms with Crippen LogP contribution in [0.25, 0.3) is 0 Å². The number of β-amino-alcohol motifs (C(OH)–C–C–N with tert-alkyl or cyclic N) is 1. The van der Waals surface area contributed by atoms with Crippen molar-refractivity contribution in [3.63, 3.8) is 0 Å². The molecule has 0 heterocycles. The number of ether oxygens (including phenoxy) is 4. The zero-order valence-electron chi connectivity index (χ0n) is 20.3. The SMILES string of the molecule is COc1cc(C(=O)CCc2cccc(OCC(O)CNC(C)(C)C)c2)cc(OC)c1OC.Cl. The van der Waals surface area contributed by atoms with Gasteiger partial charge in [0.2, 0.25) is 5.75 Å². The number of nitrogens with one attached hydrogen (secondary N) is 1. The number of aliphatic hydroxyl groups is 1. The number of methoxy groups -OCH3 is 3. The van der Waals surface area contributed by atoms with E-state index in [1.165, 1.54) is 21.3 Å². The second-order valence-electron chi connectivity index (χ2n) is 8.58. The summed E-state index contributed by atoms with van der Waals surface area (Å²) in [5.41, 5.74) is 1.41. The Morgan fingerprint density at radius 1 is 1.03 bits per heavy atom. The fourth-order valence-electron chi connectivity index (χ4n) is 3.11. The van der Waals surface area contributed by atoms with Crippen molar-refractivity contribution in [2.45, 2.75) is 45.3 Å². The molecule has 0 aromatic heterocycles. The molecule has 0 bridgehead atoms. The number of benzene rings is 2. The van der Waals surface area contributed by atoms with Gasteiger partial charge in [0.1, 0.15) is 18.5 Å². The number of aryl methyl sites for hydroxylation is 1. The van der Waals surface area contributed by atoms with E-state index in [0.717, 1.165) is 5.56 Å². The lowest BCUT2D eigenvalue weighted by molar-refractivity contribution is 0.0981. The van der Waals surface area contributed by atoms with E-state index in [1.54, 1.807) is 12.1 Å². The molecule has 2 rings (SSSR count). The topological polar surface area (TPSA) is 86.3 Å². The van der Waals surface area contributed by atoms with Crippen LogP contribution in [0.5, 0.6) is 23.0 Å². The van der Waals surface area contributed by atoms with Crippen molar-refractivity contribution in [3.8, 4) is 23.0 Å². The molecule has 0 fully saturated rings. The fraction of sp³-hybridized carbons (Fsp3) is 0.480. The second-order valence-corrected chi connectivity index (χ2v) is 8.58. The van der Waals surface area contributed by atoms with Crippen molar-refractivity contribution in [2.24, 2.45) is 0 Å². The third kappa shape index (κ3) is 9.12. The number of carbonyl (C=O) groups excluding carboxylic acids is 1. The quantitative estimate of drug-likeness (QED) is 0.442. The molecular weight excluding hydrogens is 446 g/mol. The first-order valence-corrected chi connectivity index (χ1v) is 10.6. The number of carbonyl (C=O) groups is 1. The summed E-state index contributed by atoms with van der Waals surface area (Å²) in [7, 11) is 4.57. The molecule has 0 aliphatic rings. The summed E-state index contributed by atoms with van der Waals surface area (Å²) in [6, 6.07) is 10.9. The van der Waals surface area contributed by atoms with Gasteiger partial charge < -0.3 is 29.4 Å². The van der Waals surface area contributed by atoms with Crippen LogP contribution >= 0.6 is 12.4 Å². The van der Waals surface area contributed by atoms with Crippen LogP contribution in [-0.4, -0.2) is 57.0 Å². The van der Waals surface area contributed by atoms with Crippen molar-refractivity contribution in [1.29, 1.82) is 0 Å². The second kappa shape index (κ2) is 13.3. The highest BCUT2D eigenvalue weighted by atomic mass is 35.5. The van der Waals surface area contributed by atoms with Gasteiger partial charge in [-0.3, -0.25) is 4.79 Å². The first kappa shape index (κ1) is 28.6. The summed E-state index contributed by atoms with van der Waals surface area (Å²) in [5, 5.41) is 13.4. The minimum atomic E-state index is -0.612. The fourth-order valence-corrected chi connectivity index (χ4v) is 3.11. The van der Waals surface area contributed by atoms with Crippen LogP contribution in [0.2, 0.25) is 0 Å². The Morgan fingerprint density at radius 3 is 2.21 bits per heavy atom. The van der Waals surface area contributed by atoms with E-state index in [0.29, 0.717) is 47.9 Å². The van der Waals surface area contributed by atoms with Gasteiger partial charge in [0.15, 0.2) is 17.3 Å². The van der Waals surface area contributed by atoms with E-state index >= 15 is 0 Å². The van der Waals surface area contributed by atoms with Crippen LogP contribution in [0, 0.1) is 0 Å². The largest absolute Gasteiger partial charge is 0.493 e. The van der Waals surface area contributed by atoms with Crippen LogP contribution in [0.3, 0.4) is 0 Å². The van der Waals surface area contributed by atoms with Gasteiger partial charge in [-0.25, -0.2) is 0 Å². The molecule has 0 saturated carbocycles. The van der Waals surface area contributed by atoms with E-state index in [2.05, 4.69) is 5.32 Å². The van der Waals surface area contributed by atoms with Gasteiger partial charge in [-0.2, -0.15) is 0 Å². The molecule has 0 aliphatic heterocycles. The maximum atomic E-state index is 12.8. The van der Waals surface area contributed by atoms with Gasteiger partial charge >= 0.3 is 0 Å². The molecule has 7 nitrogen and oxygen atoms in total. The lowest BCUT2D eigenvalue weighted by atomic mass is 10.0. The Hall–Kier alpha value is -2.48. The number of ketones is 1. The molecule has 184 valence electrons. The average molecular weight is 482 g/mol. The third-order valence-electron chi connectivity index (χ3n) is 4.84. The van der Waals surface area contributed by atoms with Crippen LogP contribution in [0.15, 0.2) is 36.4 Å². The van der Waals surface area contributed by atoms with Crippen molar-refractivity contribution in [3.05, 3.63) is 47.5 Å². The van der Waals surface area contributed by atoms with Crippen molar-refractivity contribution >= 4 is 18.2 Å². The number of aliphatic hydroxyl groups excluding tert-OH is 1. The molecule has 2 N–H and O–H groups in total. The maximum absolute atomic E-state index is 12.8. The smallest absolute Gasteiger partial charge is 0.203 e. The van der Waals surface area contributed by atoms with Gasteiger partial charge in [-0.1, -0.05) is 12.1 Å². The summed E-state index contributed by atoms with van der Waals surface area (Å²) in [6.07, 6.45) is 0.264. The Kier molecular flexibility index (Phi) is 11.5. The van der Waals surface area contributed by atoms with Gasteiger partial charge in [-0.05, 0) is 57.0 Å². The van der Waals surface area contributed by atoms with Crippen molar-refractivity contribution in [1.82, 2.24) is 5.32 Å². The molecule has 33 heavy (non-hydrogen) atoms. The lowest BCUT2D eigenvalue weighted by Crippen LogP contribution is -2.42. The zero-order valence-corrected chi connectivity index (χ0v) is 21.1. The first-order valence-electron chi connectivity index (χ1n) is 10.6. The summed E-state index contributed by atoms with van der Waals surface area (Å²) in [4.78, 5) is 12.8. The molecule has 0 spiro atoms. The molecular formula is C25H36ClNO6. The number of rotatable bonds is 12. The lowest BCUT2D eigenvalue weighted by Gasteiger charge is -2.23. The predicted molar refractivity (Wildman–Crippen MR) is 132 cm³/mol.